The van der Waals surface area contributed by atoms with Gasteiger partial charge in [0.1, 0.15) is 0 Å². The van der Waals surface area contributed by atoms with E-state index in [-0.39, 0.29) is 24.0 Å². The molecule has 2 aliphatic rings. The normalized spacial score (nSPS) is 26.8. The van der Waals surface area contributed by atoms with E-state index in [4.69, 9.17) is 0 Å². The van der Waals surface area contributed by atoms with Crippen molar-refractivity contribution in [3.05, 3.63) is 35.9 Å². The Morgan fingerprint density at radius 3 is 2.54 bits per heavy atom. The minimum atomic E-state index is 0. The number of piperidine rings is 2. The highest BCUT2D eigenvalue weighted by molar-refractivity contribution is 14.0. The van der Waals surface area contributed by atoms with Gasteiger partial charge in [0.25, 0.3) is 0 Å². The molecule has 0 amide bonds. The Hall–Kier alpha value is -0.820. The maximum absolute atomic E-state index is 4.60. The molecule has 0 bridgehead atoms. The van der Waals surface area contributed by atoms with Crippen LogP contribution in [0.25, 0.3) is 0 Å². The van der Waals surface area contributed by atoms with E-state index in [9.17, 15) is 0 Å². The Morgan fingerprint density at radius 2 is 1.89 bits per heavy atom. The number of guanidine groups is 1. The summed E-state index contributed by atoms with van der Waals surface area (Å²) < 4.78 is 0. The molecule has 2 fully saturated rings. The molecule has 1 aromatic carbocycles. The van der Waals surface area contributed by atoms with Crippen LogP contribution in [-0.2, 0) is 0 Å². The number of nitrogens with zero attached hydrogens (tertiary/aromatic N) is 3. The van der Waals surface area contributed by atoms with Crippen molar-refractivity contribution < 1.29 is 0 Å². The van der Waals surface area contributed by atoms with Gasteiger partial charge in [-0.25, -0.2) is 0 Å². The molecular weight excluding hydrogens is 459 g/mol. The highest BCUT2D eigenvalue weighted by Crippen LogP contribution is 2.32. The molecule has 3 atom stereocenters. The molecule has 2 aliphatic heterocycles. The van der Waals surface area contributed by atoms with Crippen molar-refractivity contribution in [2.45, 2.75) is 52.0 Å². The van der Waals surface area contributed by atoms with Crippen LogP contribution < -0.4 is 5.32 Å². The molecule has 158 valence electrons. The van der Waals surface area contributed by atoms with E-state index >= 15 is 0 Å². The lowest BCUT2D eigenvalue weighted by Crippen LogP contribution is -2.50. The van der Waals surface area contributed by atoms with Gasteiger partial charge < -0.3 is 15.1 Å². The third-order valence-corrected chi connectivity index (χ3v) is 6.47. The second-order valence-corrected chi connectivity index (χ2v) is 8.75. The summed E-state index contributed by atoms with van der Waals surface area (Å²) in [6.45, 7) is 12.7. The Bertz CT molecular complexity index is 604. The summed E-state index contributed by atoms with van der Waals surface area (Å²) in [5.74, 6) is 3.14. The lowest BCUT2D eigenvalue weighted by atomic mass is 9.82. The number of benzene rings is 1. The molecule has 0 radical (unpaired) electrons. The molecule has 1 aromatic rings. The second kappa shape index (κ2) is 11.4. The third-order valence-electron chi connectivity index (χ3n) is 6.47. The van der Waals surface area contributed by atoms with E-state index in [0.29, 0.717) is 17.9 Å². The summed E-state index contributed by atoms with van der Waals surface area (Å²) in [6, 6.07) is 11.7. The van der Waals surface area contributed by atoms with Gasteiger partial charge in [-0.3, -0.25) is 4.99 Å². The average molecular weight is 498 g/mol. The quantitative estimate of drug-likeness (QED) is 0.379. The van der Waals surface area contributed by atoms with Gasteiger partial charge in [0.15, 0.2) is 5.96 Å². The fraction of sp³-hybridized carbons (Fsp3) is 0.696. The molecule has 0 saturated carbocycles. The molecule has 1 N–H and O–H groups in total. The van der Waals surface area contributed by atoms with Crippen molar-refractivity contribution in [2.75, 3.05) is 39.8 Å². The maximum atomic E-state index is 4.60. The van der Waals surface area contributed by atoms with Crippen molar-refractivity contribution >= 4 is 29.9 Å². The number of rotatable bonds is 4. The van der Waals surface area contributed by atoms with Crippen LogP contribution in [0.5, 0.6) is 0 Å². The van der Waals surface area contributed by atoms with E-state index in [1.54, 1.807) is 0 Å². The Balaban J connectivity index is 0.00000280. The average Bonchev–Trinajstić information content (AvgIpc) is 2.69. The van der Waals surface area contributed by atoms with Crippen LogP contribution in [-0.4, -0.2) is 61.6 Å². The number of hydrogen-bond donors (Lipinski definition) is 1. The van der Waals surface area contributed by atoms with Crippen molar-refractivity contribution in [3.63, 3.8) is 0 Å². The first-order valence-corrected chi connectivity index (χ1v) is 10.8. The van der Waals surface area contributed by atoms with Crippen molar-refractivity contribution in [1.29, 1.82) is 0 Å². The first-order valence-electron chi connectivity index (χ1n) is 10.8. The molecule has 28 heavy (non-hydrogen) atoms. The van der Waals surface area contributed by atoms with Gasteiger partial charge in [-0.1, -0.05) is 37.3 Å². The highest BCUT2D eigenvalue weighted by Gasteiger charge is 2.29. The molecular formula is C23H39IN4. The van der Waals surface area contributed by atoms with Crippen LogP contribution in [0.4, 0.5) is 0 Å². The molecule has 2 heterocycles. The zero-order valence-corrected chi connectivity index (χ0v) is 20.4. The SMILES string of the molecule is CN=C(NCC1CCCN(C(C)C)C1)N1CCC(c2ccccc2)C(C)C1.I. The molecule has 3 unspecified atom stereocenters. The number of aliphatic imine (C=N–C) groups is 1. The Kier molecular flexibility index (Phi) is 9.54. The fourth-order valence-electron chi connectivity index (χ4n) is 4.83. The number of hydrogen-bond acceptors (Lipinski definition) is 2. The topological polar surface area (TPSA) is 30.9 Å². The van der Waals surface area contributed by atoms with Crippen LogP contribution in [0.15, 0.2) is 35.3 Å². The van der Waals surface area contributed by atoms with Gasteiger partial charge in [-0.05, 0) is 63.0 Å². The summed E-state index contributed by atoms with van der Waals surface area (Å²) >= 11 is 0. The summed E-state index contributed by atoms with van der Waals surface area (Å²) in [7, 11) is 1.93. The predicted octanol–water partition coefficient (Wildman–Crippen LogP) is 4.43. The third kappa shape index (κ3) is 6.09. The Labute approximate surface area is 189 Å². The molecule has 4 nitrogen and oxygen atoms in total. The van der Waals surface area contributed by atoms with E-state index in [1.165, 1.54) is 37.9 Å². The molecule has 3 rings (SSSR count). The second-order valence-electron chi connectivity index (χ2n) is 8.75. The fourth-order valence-corrected chi connectivity index (χ4v) is 4.83. The maximum Gasteiger partial charge on any atom is 0.193 e. The standard InChI is InChI=1S/C23H38N4.HI/c1-18(2)26-13-8-9-20(17-26)15-25-23(24-4)27-14-12-22(19(3)16-27)21-10-6-5-7-11-21;/h5-7,10-11,18-20,22H,8-9,12-17H2,1-4H3,(H,24,25);1H. The first kappa shape index (κ1) is 23.5. The summed E-state index contributed by atoms with van der Waals surface area (Å²) in [5, 5.41) is 3.69. The van der Waals surface area contributed by atoms with E-state index in [2.05, 4.69) is 71.2 Å². The largest absolute Gasteiger partial charge is 0.356 e. The zero-order valence-electron chi connectivity index (χ0n) is 18.1. The lowest BCUT2D eigenvalue weighted by molar-refractivity contribution is 0.140. The van der Waals surface area contributed by atoms with Gasteiger partial charge in [0.2, 0.25) is 0 Å². The van der Waals surface area contributed by atoms with Crippen LogP contribution in [0.3, 0.4) is 0 Å². The van der Waals surface area contributed by atoms with Crippen molar-refractivity contribution in [2.24, 2.45) is 16.8 Å². The lowest BCUT2D eigenvalue weighted by Gasteiger charge is -2.40. The Morgan fingerprint density at radius 1 is 1.14 bits per heavy atom. The molecule has 0 aliphatic carbocycles. The monoisotopic (exact) mass is 498 g/mol. The molecule has 0 aromatic heterocycles. The van der Waals surface area contributed by atoms with Gasteiger partial charge in [0, 0.05) is 39.3 Å². The zero-order chi connectivity index (χ0) is 19.2. The molecule has 5 heteroatoms. The summed E-state index contributed by atoms with van der Waals surface area (Å²) in [6.07, 6.45) is 3.86. The van der Waals surface area contributed by atoms with Gasteiger partial charge in [-0.15, -0.1) is 24.0 Å². The van der Waals surface area contributed by atoms with Gasteiger partial charge in [0.05, 0.1) is 0 Å². The van der Waals surface area contributed by atoms with Gasteiger partial charge >= 0.3 is 0 Å². The summed E-state index contributed by atoms with van der Waals surface area (Å²) in [4.78, 5) is 9.68. The van der Waals surface area contributed by atoms with Crippen LogP contribution >= 0.6 is 24.0 Å². The van der Waals surface area contributed by atoms with Crippen LogP contribution in [0, 0.1) is 11.8 Å². The first-order chi connectivity index (χ1) is 13.1. The van der Waals surface area contributed by atoms with Crippen molar-refractivity contribution in [3.8, 4) is 0 Å². The minimum absolute atomic E-state index is 0. The predicted molar refractivity (Wildman–Crippen MR) is 131 cm³/mol. The minimum Gasteiger partial charge on any atom is -0.356 e. The summed E-state index contributed by atoms with van der Waals surface area (Å²) in [5.41, 5.74) is 1.49. The van der Waals surface area contributed by atoms with E-state index in [1.807, 2.05) is 7.05 Å². The number of nitrogens with one attached hydrogen (secondary N) is 1. The number of likely N-dealkylation sites (tertiary alicyclic amines) is 2. The molecule has 0 spiro atoms. The van der Waals surface area contributed by atoms with Gasteiger partial charge in [-0.2, -0.15) is 0 Å². The van der Waals surface area contributed by atoms with Crippen molar-refractivity contribution in [1.82, 2.24) is 15.1 Å². The van der Waals surface area contributed by atoms with Crippen LogP contribution in [0.2, 0.25) is 0 Å². The molecule has 2 saturated heterocycles. The highest BCUT2D eigenvalue weighted by atomic mass is 127. The van der Waals surface area contributed by atoms with Crippen LogP contribution in [0.1, 0.15) is 51.5 Å². The smallest absolute Gasteiger partial charge is 0.193 e. The van der Waals surface area contributed by atoms with E-state index in [0.717, 1.165) is 31.5 Å². The number of halogens is 1. The van der Waals surface area contributed by atoms with E-state index < -0.39 is 0 Å².